The fraction of sp³-hybridized carbons (Fsp3) is 0.263. The summed E-state index contributed by atoms with van der Waals surface area (Å²) in [6, 6.07) is 13.9. The van der Waals surface area contributed by atoms with E-state index in [0.29, 0.717) is 17.9 Å². The van der Waals surface area contributed by atoms with Crippen LogP contribution in [0.3, 0.4) is 0 Å². The van der Waals surface area contributed by atoms with Crippen molar-refractivity contribution in [2.24, 2.45) is 0 Å². The number of esters is 1. The minimum atomic E-state index is -0.535. The Bertz CT molecular complexity index is 709. The number of ether oxygens (including phenoxy) is 2. The Kier molecular flexibility index (Phi) is 6.39. The molecule has 0 unspecified atom stereocenters. The topological polar surface area (TPSA) is 67.9 Å². The predicted molar refractivity (Wildman–Crippen MR) is 97.3 cm³/mol. The third-order valence-electron chi connectivity index (χ3n) is 3.40. The molecule has 0 radical (unpaired) electrons. The molecule has 0 aliphatic heterocycles. The number of anilines is 2. The first kappa shape index (κ1) is 18.3. The van der Waals surface area contributed by atoms with Crippen LogP contribution in [-0.4, -0.2) is 39.2 Å². The van der Waals surface area contributed by atoms with E-state index in [-0.39, 0.29) is 6.61 Å². The average Bonchev–Trinajstić information content (AvgIpc) is 2.61. The van der Waals surface area contributed by atoms with Gasteiger partial charge in [-0.2, -0.15) is 0 Å². The summed E-state index contributed by atoms with van der Waals surface area (Å²) in [5.41, 5.74) is 1.99. The molecule has 0 fully saturated rings. The highest BCUT2D eigenvalue weighted by atomic mass is 16.5. The van der Waals surface area contributed by atoms with Crippen molar-refractivity contribution in [3.05, 3.63) is 54.1 Å². The maximum Gasteiger partial charge on any atom is 0.338 e. The predicted octanol–water partition coefficient (Wildman–Crippen LogP) is 2.95. The van der Waals surface area contributed by atoms with Crippen molar-refractivity contribution >= 4 is 23.3 Å². The van der Waals surface area contributed by atoms with Crippen LogP contribution < -0.4 is 15.0 Å². The molecule has 0 spiro atoms. The van der Waals surface area contributed by atoms with E-state index >= 15 is 0 Å². The van der Waals surface area contributed by atoms with Gasteiger partial charge in [-0.3, -0.25) is 4.79 Å². The number of carbonyl (C=O) groups is 2. The largest absolute Gasteiger partial charge is 0.494 e. The highest BCUT2D eigenvalue weighted by Crippen LogP contribution is 2.16. The lowest BCUT2D eigenvalue weighted by Gasteiger charge is -2.12. The van der Waals surface area contributed by atoms with E-state index in [1.165, 1.54) is 0 Å². The molecule has 0 saturated heterocycles. The lowest BCUT2D eigenvalue weighted by molar-refractivity contribution is -0.119. The number of hydrogen-bond donors (Lipinski definition) is 1. The molecular weight excluding hydrogens is 320 g/mol. The molecule has 0 heterocycles. The zero-order valence-electron chi connectivity index (χ0n) is 14.6. The van der Waals surface area contributed by atoms with E-state index in [2.05, 4.69) is 5.32 Å². The minimum absolute atomic E-state index is 0.346. The fourth-order valence-electron chi connectivity index (χ4n) is 2.11. The Labute approximate surface area is 147 Å². The summed E-state index contributed by atoms with van der Waals surface area (Å²) in [5.74, 6) is -0.206. The van der Waals surface area contributed by atoms with Gasteiger partial charge >= 0.3 is 5.97 Å². The summed E-state index contributed by atoms with van der Waals surface area (Å²) in [6.07, 6.45) is 0. The second-order valence-corrected chi connectivity index (χ2v) is 5.52. The van der Waals surface area contributed by atoms with E-state index in [9.17, 15) is 9.59 Å². The molecule has 0 atom stereocenters. The SMILES string of the molecule is CCOc1ccc(NC(=O)COC(=O)c2ccc(N(C)C)cc2)cc1. The second-order valence-electron chi connectivity index (χ2n) is 5.52. The van der Waals surface area contributed by atoms with Crippen molar-refractivity contribution in [3.63, 3.8) is 0 Å². The molecule has 2 rings (SSSR count). The van der Waals surface area contributed by atoms with Crippen molar-refractivity contribution in [2.75, 3.05) is 37.5 Å². The van der Waals surface area contributed by atoms with Crippen LogP contribution >= 0.6 is 0 Å². The van der Waals surface area contributed by atoms with Crippen molar-refractivity contribution in [2.45, 2.75) is 6.92 Å². The van der Waals surface area contributed by atoms with Gasteiger partial charge in [0.25, 0.3) is 5.91 Å². The van der Waals surface area contributed by atoms with Crippen molar-refractivity contribution in [1.82, 2.24) is 0 Å². The van der Waals surface area contributed by atoms with E-state index in [1.807, 2.05) is 38.1 Å². The van der Waals surface area contributed by atoms with E-state index in [1.54, 1.807) is 36.4 Å². The van der Waals surface area contributed by atoms with Gasteiger partial charge in [0.1, 0.15) is 5.75 Å². The molecule has 1 N–H and O–H groups in total. The lowest BCUT2D eigenvalue weighted by Crippen LogP contribution is -2.21. The van der Waals surface area contributed by atoms with Gasteiger partial charge in [-0.25, -0.2) is 4.79 Å². The van der Waals surface area contributed by atoms with Crippen LogP contribution in [0.1, 0.15) is 17.3 Å². The van der Waals surface area contributed by atoms with Gasteiger partial charge in [0.15, 0.2) is 6.61 Å². The van der Waals surface area contributed by atoms with E-state index < -0.39 is 11.9 Å². The molecule has 0 saturated carbocycles. The Morgan fingerprint density at radius 2 is 1.64 bits per heavy atom. The first-order valence-corrected chi connectivity index (χ1v) is 7.97. The number of carbonyl (C=O) groups excluding carboxylic acids is 2. The summed E-state index contributed by atoms with van der Waals surface area (Å²) >= 11 is 0. The third kappa shape index (κ3) is 5.53. The molecule has 6 heteroatoms. The Morgan fingerprint density at radius 3 is 2.20 bits per heavy atom. The Morgan fingerprint density at radius 1 is 1.00 bits per heavy atom. The van der Waals surface area contributed by atoms with Gasteiger partial charge in [-0.15, -0.1) is 0 Å². The summed E-state index contributed by atoms with van der Waals surface area (Å²) < 4.78 is 10.4. The highest BCUT2D eigenvalue weighted by Gasteiger charge is 2.11. The number of hydrogen-bond acceptors (Lipinski definition) is 5. The van der Waals surface area contributed by atoms with Crippen LogP contribution in [-0.2, 0) is 9.53 Å². The molecule has 0 aromatic heterocycles. The molecule has 132 valence electrons. The summed E-state index contributed by atoms with van der Waals surface area (Å²) in [7, 11) is 3.83. The van der Waals surface area contributed by atoms with Crippen LogP contribution in [0.5, 0.6) is 5.75 Å². The summed E-state index contributed by atoms with van der Waals surface area (Å²) in [6.45, 7) is 2.14. The van der Waals surface area contributed by atoms with Crippen molar-refractivity contribution in [1.29, 1.82) is 0 Å². The first-order valence-electron chi connectivity index (χ1n) is 7.97. The molecule has 2 aromatic carbocycles. The standard InChI is InChI=1S/C19H22N2O4/c1-4-24-17-11-7-15(8-12-17)20-18(22)13-25-19(23)14-5-9-16(10-6-14)21(2)3/h5-12H,4,13H2,1-3H3,(H,20,22). The normalized spacial score (nSPS) is 10.0. The molecule has 6 nitrogen and oxygen atoms in total. The van der Waals surface area contributed by atoms with Gasteiger partial charge in [0, 0.05) is 25.5 Å². The number of rotatable bonds is 7. The molecule has 0 aliphatic carbocycles. The summed E-state index contributed by atoms with van der Waals surface area (Å²) in [4.78, 5) is 25.8. The Hall–Kier alpha value is -3.02. The monoisotopic (exact) mass is 342 g/mol. The molecule has 25 heavy (non-hydrogen) atoms. The van der Waals surface area contributed by atoms with Gasteiger partial charge in [-0.1, -0.05) is 0 Å². The zero-order chi connectivity index (χ0) is 18.2. The number of amides is 1. The first-order chi connectivity index (χ1) is 12.0. The minimum Gasteiger partial charge on any atom is -0.494 e. The number of benzene rings is 2. The van der Waals surface area contributed by atoms with Crippen LogP contribution in [0.15, 0.2) is 48.5 Å². The van der Waals surface area contributed by atoms with Crippen LogP contribution in [0.2, 0.25) is 0 Å². The van der Waals surface area contributed by atoms with Crippen molar-refractivity contribution in [3.8, 4) is 5.75 Å². The van der Waals surface area contributed by atoms with Crippen LogP contribution in [0, 0.1) is 0 Å². The maximum absolute atomic E-state index is 12.0. The molecule has 2 aromatic rings. The third-order valence-corrected chi connectivity index (χ3v) is 3.40. The van der Waals surface area contributed by atoms with Gasteiger partial charge in [-0.05, 0) is 55.5 Å². The van der Waals surface area contributed by atoms with Gasteiger partial charge in [0.05, 0.1) is 12.2 Å². The van der Waals surface area contributed by atoms with Gasteiger partial charge in [0.2, 0.25) is 0 Å². The number of nitrogens with zero attached hydrogens (tertiary/aromatic N) is 1. The molecule has 0 aliphatic rings. The quantitative estimate of drug-likeness (QED) is 0.784. The van der Waals surface area contributed by atoms with E-state index in [4.69, 9.17) is 9.47 Å². The fourth-order valence-corrected chi connectivity index (χ4v) is 2.11. The Balaban J connectivity index is 1.83. The van der Waals surface area contributed by atoms with Crippen molar-refractivity contribution < 1.29 is 19.1 Å². The maximum atomic E-state index is 12.0. The molecule has 0 bridgehead atoms. The van der Waals surface area contributed by atoms with E-state index in [0.717, 1.165) is 11.4 Å². The summed E-state index contributed by atoms with van der Waals surface area (Å²) in [5, 5.41) is 2.66. The number of nitrogens with one attached hydrogen (secondary N) is 1. The van der Waals surface area contributed by atoms with Crippen LogP contribution in [0.25, 0.3) is 0 Å². The second kappa shape index (κ2) is 8.73. The molecular formula is C19H22N2O4. The zero-order valence-corrected chi connectivity index (χ0v) is 14.6. The lowest BCUT2D eigenvalue weighted by atomic mass is 10.2. The molecule has 1 amide bonds. The van der Waals surface area contributed by atoms with Crippen LogP contribution in [0.4, 0.5) is 11.4 Å². The highest BCUT2D eigenvalue weighted by molar-refractivity contribution is 5.95. The smallest absolute Gasteiger partial charge is 0.338 e. The average molecular weight is 342 g/mol. The van der Waals surface area contributed by atoms with Gasteiger partial charge < -0.3 is 19.7 Å².